The van der Waals surface area contributed by atoms with Crippen molar-refractivity contribution < 1.29 is 13.9 Å². The van der Waals surface area contributed by atoms with Gasteiger partial charge in [-0.15, -0.1) is 24.0 Å². The maximum Gasteiger partial charge on any atom is 0.191 e. The summed E-state index contributed by atoms with van der Waals surface area (Å²) in [5, 5.41) is 11.0. The van der Waals surface area contributed by atoms with Gasteiger partial charge in [0, 0.05) is 19.3 Å². The number of hydrogen-bond acceptors (Lipinski definition) is 4. The Kier molecular flexibility index (Phi) is 9.57. The smallest absolute Gasteiger partial charge is 0.191 e. The van der Waals surface area contributed by atoms with Gasteiger partial charge in [0.2, 0.25) is 0 Å². The molecule has 1 unspecified atom stereocenters. The van der Waals surface area contributed by atoms with Crippen LogP contribution in [-0.2, 0) is 6.54 Å². The van der Waals surface area contributed by atoms with Crippen molar-refractivity contribution in [3.05, 3.63) is 72.3 Å². The molecule has 7 nitrogen and oxygen atoms in total. The first-order valence-electron chi connectivity index (χ1n) is 9.63. The van der Waals surface area contributed by atoms with E-state index in [1.54, 1.807) is 26.3 Å². The lowest BCUT2D eigenvalue weighted by Crippen LogP contribution is -2.41. The first-order chi connectivity index (χ1) is 14.6. The van der Waals surface area contributed by atoms with Crippen molar-refractivity contribution in [2.24, 2.45) is 4.99 Å². The van der Waals surface area contributed by atoms with Crippen LogP contribution in [0.3, 0.4) is 0 Å². The lowest BCUT2D eigenvalue weighted by atomic mass is 10.3. The molecule has 2 aromatic carbocycles. The van der Waals surface area contributed by atoms with E-state index in [-0.39, 0.29) is 35.9 Å². The number of benzene rings is 2. The zero-order chi connectivity index (χ0) is 21.3. The zero-order valence-electron chi connectivity index (χ0n) is 17.7. The number of aromatic nitrogens is 2. The van der Waals surface area contributed by atoms with Gasteiger partial charge in [-0.2, -0.15) is 5.10 Å². The maximum atomic E-state index is 13.3. The molecule has 166 valence electrons. The summed E-state index contributed by atoms with van der Waals surface area (Å²) in [6.07, 6.45) is 1.74. The fourth-order valence-corrected chi connectivity index (χ4v) is 2.78. The molecular formula is C22H27FIN5O2. The number of guanidine groups is 1. The van der Waals surface area contributed by atoms with Gasteiger partial charge < -0.3 is 20.1 Å². The number of methoxy groups -OCH3 is 1. The number of hydrogen-bond donors (Lipinski definition) is 2. The summed E-state index contributed by atoms with van der Waals surface area (Å²) in [5.74, 6) is 1.61. The van der Waals surface area contributed by atoms with Gasteiger partial charge in [0.1, 0.15) is 23.4 Å². The van der Waals surface area contributed by atoms with Gasteiger partial charge in [-0.05, 0) is 49.4 Å². The highest BCUT2D eigenvalue weighted by Crippen LogP contribution is 2.15. The van der Waals surface area contributed by atoms with Crippen LogP contribution in [0.25, 0.3) is 5.69 Å². The number of halogens is 2. The molecule has 0 aliphatic rings. The van der Waals surface area contributed by atoms with Crippen LogP contribution in [0.4, 0.5) is 4.39 Å². The highest BCUT2D eigenvalue weighted by molar-refractivity contribution is 14.0. The molecule has 0 radical (unpaired) electrons. The van der Waals surface area contributed by atoms with E-state index in [9.17, 15) is 4.39 Å². The Balaban J connectivity index is 0.00000341. The van der Waals surface area contributed by atoms with E-state index < -0.39 is 0 Å². The van der Waals surface area contributed by atoms with Crippen molar-refractivity contribution in [2.45, 2.75) is 19.6 Å². The highest BCUT2D eigenvalue weighted by atomic mass is 127. The van der Waals surface area contributed by atoms with E-state index in [0.717, 1.165) is 17.1 Å². The third-order valence-electron chi connectivity index (χ3n) is 4.33. The molecule has 0 spiro atoms. The molecule has 31 heavy (non-hydrogen) atoms. The van der Waals surface area contributed by atoms with Crippen molar-refractivity contribution in [2.75, 3.05) is 20.7 Å². The van der Waals surface area contributed by atoms with E-state index in [1.165, 1.54) is 12.1 Å². The van der Waals surface area contributed by atoms with Crippen LogP contribution >= 0.6 is 24.0 Å². The van der Waals surface area contributed by atoms with Crippen LogP contribution in [0, 0.1) is 5.82 Å². The Bertz CT molecular complexity index is 978. The Morgan fingerprint density at radius 3 is 2.58 bits per heavy atom. The summed E-state index contributed by atoms with van der Waals surface area (Å²) in [4.78, 5) is 4.21. The SMILES string of the molecule is CN=C(NCc1ccn(-c2ccc(OC)cc2)n1)NCC(C)Oc1cccc(F)c1.I. The van der Waals surface area contributed by atoms with Crippen molar-refractivity contribution in [3.8, 4) is 17.2 Å². The lowest BCUT2D eigenvalue weighted by Gasteiger charge is -2.17. The maximum absolute atomic E-state index is 13.3. The minimum atomic E-state index is -0.320. The van der Waals surface area contributed by atoms with Crippen molar-refractivity contribution >= 4 is 29.9 Å². The predicted molar refractivity (Wildman–Crippen MR) is 130 cm³/mol. The number of rotatable bonds is 8. The molecule has 9 heteroatoms. The fourth-order valence-electron chi connectivity index (χ4n) is 2.78. The summed E-state index contributed by atoms with van der Waals surface area (Å²) in [6, 6.07) is 15.7. The number of nitrogens with zero attached hydrogens (tertiary/aromatic N) is 3. The topological polar surface area (TPSA) is 72.7 Å². The van der Waals surface area contributed by atoms with E-state index in [1.807, 2.05) is 48.1 Å². The molecule has 0 fully saturated rings. The van der Waals surface area contributed by atoms with Gasteiger partial charge in [-0.3, -0.25) is 4.99 Å². The molecule has 0 bridgehead atoms. The average Bonchev–Trinajstić information content (AvgIpc) is 3.23. The first kappa shape index (κ1) is 24.4. The second-order valence-corrected chi connectivity index (χ2v) is 6.64. The number of ether oxygens (including phenoxy) is 2. The van der Waals surface area contributed by atoms with Crippen LogP contribution < -0.4 is 20.1 Å². The number of aliphatic imine (C=N–C) groups is 1. The summed E-state index contributed by atoms with van der Waals surface area (Å²) in [5.41, 5.74) is 1.82. The minimum absolute atomic E-state index is 0. The summed E-state index contributed by atoms with van der Waals surface area (Å²) >= 11 is 0. The second kappa shape index (κ2) is 12.1. The minimum Gasteiger partial charge on any atom is -0.497 e. The predicted octanol–water partition coefficient (Wildman–Crippen LogP) is 3.77. The fraction of sp³-hybridized carbons (Fsp3) is 0.273. The lowest BCUT2D eigenvalue weighted by molar-refractivity contribution is 0.223. The molecule has 1 heterocycles. The van der Waals surface area contributed by atoms with Gasteiger partial charge in [0.15, 0.2) is 5.96 Å². The van der Waals surface area contributed by atoms with Crippen molar-refractivity contribution in [1.82, 2.24) is 20.4 Å². The third-order valence-corrected chi connectivity index (χ3v) is 4.33. The molecule has 0 saturated carbocycles. The molecule has 0 aliphatic carbocycles. The molecule has 0 amide bonds. The van der Waals surface area contributed by atoms with Crippen LogP contribution in [0.5, 0.6) is 11.5 Å². The van der Waals surface area contributed by atoms with E-state index in [0.29, 0.717) is 24.8 Å². The van der Waals surface area contributed by atoms with Crippen molar-refractivity contribution in [3.63, 3.8) is 0 Å². The first-order valence-corrected chi connectivity index (χ1v) is 9.63. The molecule has 3 aromatic rings. The second-order valence-electron chi connectivity index (χ2n) is 6.64. The van der Waals surface area contributed by atoms with Crippen LogP contribution in [-0.4, -0.2) is 42.5 Å². The van der Waals surface area contributed by atoms with Gasteiger partial charge >= 0.3 is 0 Å². The van der Waals surface area contributed by atoms with Gasteiger partial charge in [0.05, 0.1) is 31.6 Å². The van der Waals surface area contributed by atoms with Crippen LogP contribution in [0.1, 0.15) is 12.6 Å². The molecule has 1 aromatic heterocycles. The molecular weight excluding hydrogens is 512 g/mol. The van der Waals surface area contributed by atoms with Gasteiger partial charge in [0.25, 0.3) is 0 Å². The molecule has 0 aliphatic heterocycles. The number of nitrogens with one attached hydrogen (secondary N) is 2. The molecule has 1 atom stereocenters. The molecule has 3 rings (SSSR count). The van der Waals surface area contributed by atoms with Gasteiger partial charge in [-0.1, -0.05) is 6.07 Å². The Hall–Kier alpha value is -2.82. The van der Waals surface area contributed by atoms with Crippen LogP contribution in [0.15, 0.2) is 65.8 Å². The summed E-state index contributed by atoms with van der Waals surface area (Å²) in [7, 11) is 3.34. The highest BCUT2D eigenvalue weighted by Gasteiger charge is 2.08. The van der Waals surface area contributed by atoms with E-state index >= 15 is 0 Å². The Labute approximate surface area is 198 Å². The Morgan fingerprint density at radius 1 is 1.13 bits per heavy atom. The monoisotopic (exact) mass is 539 g/mol. The summed E-state index contributed by atoms with van der Waals surface area (Å²) in [6.45, 7) is 2.93. The molecule has 2 N–H and O–H groups in total. The molecule has 0 saturated heterocycles. The summed E-state index contributed by atoms with van der Waals surface area (Å²) < 4.78 is 26.0. The average molecular weight is 539 g/mol. The van der Waals surface area contributed by atoms with Gasteiger partial charge in [-0.25, -0.2) is 9.07 Å². The quantitative estimate of drug-likeness (QED) is 0.259. The zero-order valence-corrected chi connectivity index (χ0v) is 20.0. The Morgan fingerprint density at radius 2 is 1.90 bits per heavy atom. The standard InChI is InChI=1S/C22H26FN5O2.HI/c1-16(30-21-6-4-5-17(23)13-21)14-25-22(24-2)26-15-18-11-12-28(27-18)19-7-9-20(29-3)10-8-19;/h4-13,16H,14-15H2,1-3H3,(H2,24,25,26);1H. The van der Waals surface area contributed by atoms with Crippen LogP contribution in [0.2, 0.25) is 0 Å². The van der Waals surface area contributed by atoms with Crippen molar-refractivity contribution in [1.29, 1.82) is 0 Å². The third kappa shape index (κ3) is 7.42. The van der Waals surface area contributed by atoms with E-state index in [4.69, 9.17) is 9.47 Å². The van der Waals surface area contributed by atoms with E-state index in [2.05, 4.69) is 20.7 Å². The largest absolute Gasteiger partial charge is 0.497 e. The normalized spacial score (nSPS) is 11.9.